The summed E-state index contributed by atoms with van der Waals surface area (Å²) in [6.45, 7) is 0. The van der Waals surface area contributed by atoms with Crippen molar-refractivity contribution in [3.8, 4) is 0 Å². The molecule has 1 aromatic rings. The van der Waals surface area contributed by atoms with Gasteiger partial charge in [-0.2, -0.15) is 0 Å². The summed E-state index contributed by atoms with van der Waals surface area (Å²) in [4.78, 5) is 12.5. The molecule has 0 radical (unpaired) electrons. The Bertz CT molecular complexity index is 422. The zero-order chi connectivity index (χ0) is 13.0. The van der Waals surface area contributed by atoms with E-state index in [2.05, 4.69) is 28.1 Å². The highest BCUT2D eigenvalue weighted by Gasteiger charge is 2.30. The van der Waals surface area contributed by atoms with Gasteiger partial charge in [-0.15, -0.1) is 11.8 Å². The topological polar surface area (TPSA) is 37.3 Å². The summed E-state index contributed by atoms with van der Waals surface area (Å²) in [5.41, 5.74) is 0. The number of carboxylic acids is 1. The maximum Gasteiger partial charge on any atom is 0.307 e. The van der Waals surface area contributed by atoms with Crippen LogP contribution < -0.4 is 0 Å². The fourth-order valence-electron chi connectivity index (χ4n) is 2.41. The van der Waals surface area contributed by atoms with Crippen LogP contribution in [0.15, 0.2) is 33.6 Å². The van der Waals surface area contributed by atoms with E-state index in [4.69, 9.17) is 0 Å². The molecule has 1 aromatic carbocycles. The van der Waals surface area contributed by atoms with Crippen LogP contribution in [-0.4, -0.2) is 16.3 Å². The van der Waals surface area contributed by atoms with Crippen molar-refractivity contribution in [2.75, 3.05) is 0 Å². The molecule has 2 atom stereocenters. The molecule has 18 heavy (non-hydrogen) atoms. The van der Waals surface area contributed by atoms with Crippen molar-refractivity contribution < 1.29 is 9.90 Å². The number of carboxylic acid groups (broad SMARTS) is 1. The molecule has 2 nitrogen and oxygen atoms in total. The predicted octanol–water partition coefficient (Wildman–Crippen LogP) is 4.57. The van der Waals surface area contributed by atoms with Crippen molar-refractivity contribution in [3.63, 3.8) is 0 Å². The van der Waals surface area contributed by atoms with E-state index in [1.54, 1.807) is 11.8 Å². The van der Waals surface area contributed by atoms with Gasteiger partial charge in [0.05, 0.1) is 5.92 Å². The van der Waals surface area contributed by atoms with Crippen molar-refractivity contribution in [3.05, 3.63) is 28.7 Å². The van der Waals surface area contributed by atoms with Crippen LogP contribution in [-0.2, 0) is 4.79 Å². The summed E-state index contributed by atoms with van der Waals surface area (Å²) in [6, 6.07) is 8.11. The van der Waals surface area contributed by atoms with Crippen molar-refractivity contribution in [2.45, 2.75) is 42.2 Å². The summed E-state index contributed by atoms with van der Waals surface area (Å²) < 4.78 is 1.05. The molecule has 1 aliphatic carbocycles. The maximum absolute atomic E-state index is 11.4. The van der Waals surface area contributed by atoms with E-state index < -0.39 is 5.97 Å². The normalized spacial score (nSPS) is 24.5. The fourth-order valence-corrected chi connectivity index (χ4v) is 4.37. The van der Waals surface area contributed by atoms with Crippen LogP contribution in [0.1, 0.15) is 32.1 Å². The van der Waals surface area contributed by atoms with Gasteiger partial charge < -0.3 is 5.11 Å². The van der Waals surface area contributed by atoms with Gasteiger partial charge in [-0.1, -0.05) is 41.3 Å². The molecule has 0 saturated heterocycles. The molecule has 0 bridgehead atoms. The quantitative estimate of drug-likeness (QED) is 0.825. The van der Waals surface area contributed by atoms with Crippen LogP contribution in [0.3, 0.4) is 0 Å². The molecule has 1 N–H and O–H groups in total. The molecule has 0 spiro atoms. The first-order chi connectivity index (χ1) is 8.66. The molecule has 0 aromatic heterocycles. The lowest BCUT2D eigenvalue weighted by Gasteiger charge is -2.21. The first kappa shape index (κ1) is 13.9. The van der Waals surface area contributed by atoms with Crippen LogP contribution in [0.4, 0.5) is 0 Å². The molecule has 1 saturated carbocycles. The molecular weight excluding hydrogens is 312 g/mol. The zero-order valence-electron chi connectivity index (χ0n) is 10.1. The second-order valence-electron chi connectivity index (χ2n) is 4.70. The number of thioether (sulfide) groups is 1. The minimum Gasteiger partial charge on any atom is -0.481 e. The minimum absolute atomic E-state index is 0.198. The zero-order valence-corrected chi connectivity index (χ0v) is 12.5. The first-order valence-corrected chi connectivity index (χ1v) is 7.99. The van der Waals surface area contributed by atoms with E-state index in [0.717, 1.165) is 35.1 Å². The third-order valence-corrected chi connectivity index (χ3v) is 5.24. The largest absolute Gasteiger partial charge is 0.481 e. The van der Waals surface area contributed by atoms with Crippen molar-refractivity contribution in [2.24, 2.45) is 5.92 Å². The van der Waals surface area contributed by atoms with Gasteiger partial charge in [0.2, 0.25) is 0 Å². The number of rotatable bonds is 3. The summed E-state index contributed by atoms with van der Waals surface area (Å²) in [5, 5.41) is 9.55. The average Bonchev–Trinajstić information content (AvgIpc) is 2.54. The summed E-state index contributed by atoms with van der Waals surface area (Å²) >= 11 is 5.17. The molecule has 1 aliphatic rings. The number of aliphatic carboxylic acids is 1. The number of halogens is 1. The van der Waals surface area contributed by atoms with Gasteiger partial charge in [0.15, 0.2) is 0 Å². The van der Waals surface area contributed by atoms with Crippen LogP contribution in [0, 0.1) is 5.92 Å². The SMILES string of the molecule is O=C(O)C1CCCCCC1Sc1cccc(Br)c1. The number of benzene rings is 1. The highest BCUT2D eigenvalue weighted by molar-refractivity contribution is 9.10. The van der Waals surface area contributed by atoms with Gasteiger partial charge in [0.1, 0.15) is 0 Å². The summed E-state index contributed by atoms with van der Waals surface area (Å²) in [7, 11) is 0. The van der Waals surface area contributed by atoms with E-state index in [-0.39, 0.29) is 11.2 Å². The maximum atomic E-state index is 11.4. The minimum atomic E-state index is -0.635. The van der Waals surface area contributed by atoms with Crippen LogP contribution in [0.25, 0.3) is 0 Å². The molecule has 98 valence electrons. The van der Waals surface area contributed by atoms with Crippen LogP contribution in [0.2, 0.25) is 0 Å². The second-order valence-corrected chi connectivity index (χ2v) is 6.92. The third-order valence-electron chi connectivity index (χ3n) is 3.35. The van der Waals surface area contributed by atoms with Crippen LogP contribution >= 0.6 is 27.7 Å². The average molecular weight is 329 g/mol. The van der Waals surface area contributed by atoms with Crippen molar-refractivity contribution in [1.29, 1.82) is 0 Å². The van der Waals surface area contributed by atoms with Crippen LogP contribution in [0.5, 0.6) is 0 Å². The molecule has 4 heteroatoms. The molecule has 1 fully saturated rings. The Kier molecular flexibility index (Phi) is 5.13. The number of carbonyl (C=O) groups is 1. The van der Waals surface area contributed by atoms with Gasteiger partial charge in [-0.05, 0) is 31.0 Å². The van der Waals surface area contributed by atoms with E-state index >= 15 is 0 Å². The standard InChI is InChI=1S/C14H17BrO2S/c15-10-5-4-6-11(9-10)18-13-8-3-1-2-7-12(13)14(16)17/h4-6,9,12-13H,1-3,7-8H2,(H,16,17). The van der Waals surface area contributed by atoms with Gasteiger partial charge >= 0.3 is 5.97 Å². The summed E-state index contributed by atoms with van der Waals surface area (Å²) in [5.74, 6) is -0.833. The fraction of sp³-hybridized carbons (Fsp3) is 0.500. The molecular formula is C14H17BrO2S. The lowest BCUT2D eigenvalue weighted by atomic mass is 10.0. The molecule has 2 rings (SSSR count). The van der Waals surface area contributed by atoms with E-state index in [0.29, 0.717) is 0 Å². The highest BCUT2D eigenvalue weighted by Crippen LogP contribution is 2.37. The molecule has 2 unspecified atom stereocenters. The predicted molar refractivity (Wildman–Crippen MR) is 78.0 cm³/mol. The third kappa shape index (κ3) is 3.75. The van der Waals surface area contributed by atoms with E-state index in [1.807, 2.05) is 12.1 Å². The monoisotopic (exact) mass is 328 g/mol. The first-order valence-electron chi connectivity index (χ1n) is 6.32. The lowest BCUT2D eigenvalue weighted by Crippen LogP contribution is -2.24. The second kappa shape index (κ2) is 6.62. The van der Waals surface area contributed by atoms with E-state index in [1.165, 1.54) is 6.42 Å². The number of hydrogen-bond donors (Lipinski definition) is 1. The Morgan fingerprint density at radius 1 is 1.28 bits per heavy atom. The van der Waals surface area contributed by atoms with Gasteiger partial charge in [0, 0.05) is 14.6 Å². The molecule has 0 amide bonds. The Labute approximate surface area is 120 Å². The number of hydrogen-bond acceptors (Lipinski definition) is 2. The van der Waals surface area contributed by atoms with Crippen molar-refractivity contribution in [1.82, 2.24) is 0 Å². The highest BCUT2D eigenvalue weighted by atomic mass is 79.9. The Morgan fingerprint density at radius 2 is 2.06 bits per heavy atom. The Hall–Kier alpha value is -0.480. The summed E-state index contributed by atoms with van der Waals surface area (Å²) in [6.07, 6.45) is 5.19. The van der Waals surface area contributed by atoms with Gasteiger partial charge in [-0.25, -0.2) is 0 Å². The van der Waals surface area contributed by atoms with Gasteiger partial charge in [-0.3, -0.25) is 4.79 Å². The van der Waals surface area contributed by atoms with Crippen molar-refractivity contribution >= 4 is 33.7 Å². The lowest BCUT2D eigenvalue weighted by molar-refractivity contribution is -0.141. The Balaban J connectivity index is 2.11. The molecule has 0 aliphatic heterocycles. The Morgan fingerprint density at radius 3 is 2.78 bits per heavy atom. The van der Waals surface area contributed by atoms with Gasteiger partial charge in [0.25, 0.3) is 0 Å². The molecule has 0 heterocycles. The smallest absolute Gasteiger partial charge is 0.307 e. The van der Waals surface area contributed by atoms with E-state index in [9.17, 15) is 9.90 Å².